The number of hydrogen-bond acceptors (Lipinski definition) is 6. The smallest absolute Gasteiger partial charge is 0.368 e. The molecule has 4 N–H and O–H groups in total. The third-order valence-corrected chi connectivity index (χ3v) is 6.54. The maximum atomic E-state index is 14.9. The number of nitrogens with zero attached hydrogens (tertiary/aromatic N) is 3. The minimum absolute atomic E-state index is 0.0716. The first kappa shape index (κ1) is 21.6. The van der Waals surface area contributed by atoms with E-state index in [0.29, 0.717) is 6.07 Å². The Morgan fingerprint density at radius 1 is 1.07 bits per heavy atom. The van der Waals surface area contributed by atoms with E-state index in [1.807, 2.05) is 0 Å². The maximum Gasteiger partial charge on any atom is 0.417 e. The monoisotopic (exact) mass is 443 g/mol. The number of anilines is 2. The SMILES string of the molecule is CC(C)S(=O)(=O)c1ccc(-c2c(F)cc(-n3nc(N)nc3N)cc2C(F)(F)F)cc1. The van der Waals surface area contributed by atoms with Gasteiger partial charge < -0.3 is 11.5 Å². The van der Waals surface area contributed by atoms with E-state index >= 15 is 0 Å². The number of nitrogen functional groups attached to an aromatic ring is 2. The molecule has 7 nitrogen and oxygen atoms in total. The number of benzene rings is 2. The molecule has 12 heteroatoms. The zero-order chi connectivity index (χ0) is 22.4. The average molecular weight is 443 g/mol. The van der Waals surface area contributed by atoms with Crippen molar-refractivity contribution in [2.45, 2.75) is 30.2 Å². The second-order valence-electron chi connectivity index (χ2n) is 6.71. The van der Waals surface area contributed by atoms with Crippen molar-refractivity contribution >= 4 is 21.7 Å². The molecule has 1 heterocycles. The molecule has 30 heavy (non-hydrogen) atoms. The standard InChI is InChI=1S/C18H17F4N5O2S/c1-9(2)30(28,29)12-5-3-10(4-6-12)15-13(18(20,21)22)7-11(8-14(15)19)27-17(24)25-16(23)26-27/h3-9H,1-2H3,(H4,23,24,25,26). The van der Waals surface area contributed by atoms with E-state index in [-0.39, 0.29) is 28.0 Å². The number of hydrogen-bond donors (Lipinski definition) is 2. The molecule has 0 saturated heterocycles. The molecule has 0 spiro atoms. The highest BCUT2D eigenvalue weighted by molar-refractivity contribution is 7.92. The van der Waals surface area contributed by atoms with E-state index in [4.69, 9.17) is 11.5 Å². The van der Waals surface area contributed by atoms with E-state index in [1.54, 1.807) is 0 Å². The quantitative estimate of drug-likeness (QED) is 0.597. The summed E-state index contributed by atoms with van der Waals surface area (Å²) in [5.41, 5.74) is 8.47. The van der Waals surface area contributed by atoms with Crippen LogP contribution in [0.1, 0.15) is 19.4 Å². The molecular formula is C18H17F4N5O2S. The predicted octanol–water partition coefficient (Wildman–Crippen LogP) is 3.44. The zero-order valence-corrected chi connectivity index (χ0v) is 16.6. The maximum absolute atomic E-state index is 14.9. The van der Waals surface area contributed by atoms with E-state index in [1.165, 1.54) is 13.8 Å². The van der Waals surface area contributed by atoms with Gasteiger partial charge in [0, 0.05) is 11.6 Å². The van der Waals surface area contributed by atoms with Crippen LogP contribution >= 0.6 is 0 Å². The molecule has 0 aliphatic heterocycles. The Balaban J connectivity index is 2.19. The van der Waals surface area contributed by atoms with Crippen molar-refractivity contribution in [1.29, 1.82) is 0 Å². The minimum Gasteiger partial charge on any atom is -0.368 e. The van der Waals surface area contributed by atoms with E-state index in [9.17, 15) is 26.0 Å². The second-order valence-corrected chi connectivity index (χ2v) is 9.21. The van der Waals surface area contributed by atoms with Crippen LogP contribution in [0.3, 0.4) is 0 Å². The summed E-state index contributed by atoms with van der Waals surface area (Å²) in [6.45, 7) is 2.96. The minimum atomic E-state index is -4.92. The molecule has 160 valence electrons. The van der Waals surface area contributed by atoms with E-state index < -0.39 is 38.2 Å². The van der Waals surface area contributed by atoms with Crippen molar-refractivity contribution < 1.29 is 26.0 Å². The van der Waals surface area contributed by atoms with Gasteiger partial charge in [-0.1, -0.05) is 12.1 Å². The van der Waals surface area contributed by atoms with Gasteiger partial charge >= 0.3 is 6.18 Å². The molecule has 0 aliphatic carbocycles. The van der Waals surface area contributed by atoms with Gasteiger partial charge in [-0.15, -0.1) is 5.10 Å². The summed E-state index contributed by atoms with van der Waals surface area (Å²) in [7, 11) is -3.63. The van der Waals surface area contributed by atoms with Crippen molar-refractivity contribution in [3.05, 3.63) is 47.8 Å². The lowest BCUT2D eigenvalue weighted by atomic mass is 9.98. The zero-order valence-electron chi connectivity index (χ0n) is 15.8. The topological polar surface area (TPSA) is 117 Å². The van der Waals surface area contributed by atoms with Gasteiger partial charge in [0.1, 0.15) is 5.82 Å². The van der Waals surface area contributed by atoms with Gasteiger partial charge in [-0.3, -0.25) is 0 Å². The van der Waals surface area contributed by atoms with Gasteiger partial charge in [0.05, 0.1) is 21.4 Å². The van der Waals surface area contributed by atoms with Gasteiger partial charge in [0.2, 0.25) is 11.9 Å². The number of nitrogens with two attached hydrogens (primary N) is 2. The van der Waals surface area contributed by atoms with Crippen LogP contribution in [0, 0.1) is 5.82 Å². The molecule has 3 rings (SSSR count). The fraction of sp³-hybridized carbons (Fsp3) is 0.222. The predicted molar refractivity (Wildman–Crippen MR) is 103 cm³/mol. The summed E-state index contributed by atoms with van der Waals surface area (Å²) >= 11 is 0. The molecular weight excluding hydrogens is 426 g/mol. The molecule has 0 unspecified atom stereocenters. The molecule has 0 bridgehead atoms. The molecule has 3 aromatic rings. The molecule has 0 saturated carbocycles. The Bertz CT molecular complexity index is 1200. The summed E-state index contributed by atoms with van der Waals surface area (Å²) in [6.07, 6.45) is -4.92. The van der Waals surface area contributed by atoms with Crippen molar-refractivity contribution in [3.8, 4) is 16.8 Å². The lowest BCUT2D eigenvalue weighted by Gasteiger charge is -2.17. The van der Waals surface area contributed by atoms with E-state index in [2.05, 4.69) is 10.1 Å². The van der Waals surface area contributed by atoms with Crippen LogP contribution in [-0.4, -0.2) is 28.4 Å². The largest absolute Gasteiger partial charge is 0.417 e. The molecule has 0 radical (unpaired) electrons. The Hall–Kier alpha value is -3.15. The van der Waals surface area contributed by atoms with Gasteiger partial charge in [0.25, 0.3) is 0 Å². The van der Waals surface area contributed by atoms with Crippen molar-refractivity contribution in [1.82, 2.24) is 14.8 Å². The Morgan fingerprint density at radius 2 is 1.67 bits per heavy atom. The fourth-order valence-corrected chi connectivity index (χ4v) is 3.91. The Labute approximate surface area is 169 Å². The lowest BCUT2D eigenvalue weighted by molar-refractivity contribution is -0.137. The van der Waals surface area contributed by atoms with Crippen molar-refractivity contribution in [3.63, 3.8) is 0 Å². The molecule has 0 aliphatic rings. The van der Waals surface area contributed by atoms with Crippen LogP contribution in [0.4, 0.5) is 29.5 Å². The number of sulfone groups is 1. The van der Waals surface area contributed by atoms with Gasteiger partial charge in [0.15, 0.2) is 9.84 Å². The fourth-order valence-electron chi connectivity index (χ4n) is 2.85. The molecule has 2 aromatic carbocycles. The average Bonchev–Trinajstić information content (AvgIpc) is 2.98. The number of aromatic nitrogens is 3. The third-order valence-electron chi connectivity index (χ3n) is 4.37. The first-order chi connectivity index (χ1) is 13.8. The second kappa shape index (κ2) is 7.27. The summed E-state index contributed by atoms with van der Waals surface area (Å²) in [4.78, 5) is 3.51. The van der Waals surface area contributed by atoms with E-state index in [0.717, 1.165) is 35.0 Å². The highest BCUT2D eigenvalue weighted by atomic mass is 32.2. The number of rotatable bonds is 4. The summed E-state index contributed by atoms with van der Waals surface area (Å²) in [5.74, 6) is -1.80. The molecule has 0 atom stereocenters. The van der Waals surface area contributed by atoms with Crippen LogP contribution in [0.15, 0.2) is 41.3 Å². The van der Waals surface area contributed by atoms with Gasteiger partial charge in [-0.2, -0.15) is 22.8 Å². The highest BCUT2D eigenvalue weighted by Crippen LogP contribution is 2.40. The van der Waals surface area contributed by atoms with Crippen molar-refractivity contribution in [2.75, 3.05) is 11.5 Å². The van der Waals surface area contributed by atoms with Crippen LogP contribution in [0.25, 0.3) is 16.8 Å². The Morgan fingerprint density at radius 3 is 2.13 bits per heavy atom. The molecule has 0 amide bonds. The van der Waals surface area contributed by atoms with Crippen LogP contribution in [0.5, 0.6) is 0 Å². The van der Waals surface area contributed by atoms with Crippen molar-refractivity contribution in [2.24, 2.45) is 0 Å². The Kier molecular flexibility index (Phi) is 5.23. The normalized spacial score (nSPS) is 12.5. The lowest BCUT2D eigenvalue weighted by Crippen LogP contribution is -2.14. The summed E-state index contributed by atoms with van der Waals surface area (Å²) in [5, 5.41) is 2.94. The van der Waals surface area contributed by atoms with Crippen LogP contribution in [0.2, 0.25) is 0 Å². The number of halogens is 4. The molecule has 1 aromatic heterocycles. The van der Waals surface area contributed by atoms with Gasteiger partial charge in [-0.25, -0.2) is 12.8 Å². The van der Waals surface area contributed by atoms with Crippen LogP contribution < -0.4 is 11.5 Å². The summed E-state index contributed by atoms with van der Waals surface area (Å²) in [6, 6.07) is 6.03. The third kappa shape index (κ3) is 3.82. The number of alkyl halides is 3. The molecule has 0 fully saturated rings. The van der Waals surface area contributed by atoms with Crippen LogP contribution in [-0.2, 0) is 16.0 Å². The first-order valence-corrected chi connectivity index (χ1v) is 10.1. The summed E-state index contributed by atoms with van der Waals surface area (Å²) < 4.78 is 81.3. The van der Waals surface area contributed by atoms with Gasteiger partial charge in [-0.05, 0) is 37.6 Å². The highest BCUT2D eigenvalue weighted by Gasteiger charge is 2.36. The first-order valence-electron chi connectivity index (χ1n) is 8.56.